The molecule has 2 N–H and O–H groups in total. The van der Waals surface area contributed by atoms with Crippen LogP contribution in [0.15, 0.2) is 48.9 Å². The average Bonchev–Trinajstić information content (AvgIpc) is 3.36. The molecule has 1 aliphatic heterocycles. The highest BCUT2D eigenvalue weighted by Gasteiger charge is 2.22. The van der Waals surface area contributed by atoms with Crippen molar-refractivity contribution in [3.63, 3.8) is 0 Å². The Hall–Kier alpha value is -3.85. The Labute approximate surface area is 209 Å². The summed E-state index contributed by atoms with van der Waals surface area (Å²) in [5, 5.41) is 5.38. The number of aromatic nitrogens is 3. The van der Waals surface area contributed by atoms with E-state index in [1.807, 2.05) is 43.5 Å². The molecule has 0 atom stereocenters. The van der Waals surface area contributed by atoms with Gasteiger partial charge in [0.25, 0.3) is 0 Å². The number of likely N-dealkylation sites (tertiary alicyclic amines) is 1. The van der Waals surface area contributed by atoms with Crippen LogP contribution in [0.25, 0.3) is 21.8 Å². The molecule has 1 saturated heterocycles. The van der Waals surface area contributed by atoms with Crippen molar-refractivity contribution in [1.29, 1.82) is 0 Å². The highest BCUT2D eigenvalue weighted by molar-refractivity contribution is 5.94. The molecule has 4 aromatic rings. The third-order valence-corrected chi connectivity index (χ3v) is 6.58. The summed E-state index contributed by atoms with van der Waals surface area (Å²) < 4.78 is 16.9. The van der Waals surface area contributed by atoms with Gasteiger partial charge in [0.05, 0.1) is 32.4 Å². The number of H-pyrrole nitrogens is 1. The first kappa shape index (κ1) is 23.9. The molecule has 0 radical (unpaired) electrons. The molecular weight excluding hydrogens is 458 g/mol. The quantitative estimate of drug-likeness (QED) is 0.331. The van der Waals surface area contributed by atoms with Crippen molar-refractivity contribution in [3.8, 4) is 11.5 Å². The summed E-state index contributed by atoms with van der Waals surface area (Å²) in [7, 11) is 1.64. The molecule has 9 nitrogen and oxygen atoms in total. The first-order chi connectivity index (χ1) is 17.6. The summed E-state index contributed by atoms with van der Waals surface area (Å²) in [6, 6.07) is 12.0. The predicted octanol–water partition coefficient (Wildman–Crippen LogP) is 4.52. The summed E-state index contributed by atoms with van der Waals surface area (Å²) in [5.74, 6) is 2.26. The second kappa shape index (κ2) is 10.8. The molecule has 1 aliphatic rings. The number of hydrogen-bond acceptors (Lipinski definition) is 8. The number of carbonyl (C=O) groups excluding carboxylic acids is 1. The van der Waals surface area contributed by atoms with E-state index in [9.17, 15) is 4.79 Å². The molecule has 0 spiro atoms. The van der Waals surface area contributed by atoms with Gasteiger partial charge in [-0.2, -0.15) is 0 Å². The van der Waals surface area contributed by atoms with Crippen LogP contribution in [0.5, 0.6) is 11.5 Å². The van der Waals surface area contributed by atoms with E-state index in [2.05, 4.69) is 31.2 Å². The number of hydrogen-bond donors (Lipinski definition) is 2. The first-order valence-corrected chi connectivity index (χ1v) is 12.3. The maximum absolute atomic E-state index is 11.7. The van der Waals surface area contributed by atoms with Gasteiger partial charge in [0, 0.05) is 34.2 Å². The minimum atomic E-state index is -0.158. The highest BCUT2D eigenvalue weighted by Crippen LogP contribution is 2.35. The SMILES string of the molecule is CCOC(=O)CN1CCC(COc2cc3ncnc(Nc4ccc5[nH]ccc5c4)c3cc2OC)CC1. The van der Waals surface area contributed by atoms with Crippen LogP contribution >= 0.6 is 0 Å². The van der Waals surface area contributed by atoms with Gasteiger partial charge in [-0.3, -0.25) is 9.69 Å². The lowest BCUT2D eigenvalue weighted by Gasteiger charge is -2.31. The second-order valence-electron chi connectivity index (χ2n) is 8.98. The molecule has 1 fully saturated rings. The molecule has 0 amide bonds. The van der Waals surface area contributed by atoms with Crippen molar-refractivity contribution in [2.75, 3.05) is 45.3 Å². The number of piperidine rings is 1. The summed E-state index contributed by atoms with van der Waals surface area (Å²) in [6.07, 6.45) is 5.41. The van der Waals surface area contributed by atoms with Crippen molar-refractivity contribution in [3.05, 3.63) is 48.9 Å². The van der Waals surface area contributed by atoms with Crippen LogP contribution in [0.3, 0.4) is 0 Å². The van der Waals surface area contributed by atoms with E-state index in [1.165, 1.54) is 0 Å². The smallest absolute Gasteiger partial charge is 0.320 e. The largest absolute Gasteiger partial charge is 0.493 e. The lowest BCUT2D eigenvalue weighted by atomic mass is 9.98. The van der Waals surface area contributed by atoms with Crippen LogP contribution in [0.2, 0.25) is 0 Å². The molecule has 2 aromatic heterocycles. The standard InChI is InChI=1S/C27H31N5O4/c1-3-35-26(33)15-32-10-7-18(8-11-32)16-36-25-14-23-21(13-24(25)34-2)27(30-17-29-23)31-20-4-5-22-19(12-20)6-9-28-22/h4-6,9,12-14,17-18,28H,3,7-8,10-11,15-16H2,1-2H3,(H,29,30,31). The van der Waals surface area contributed by atoms with Gasteiger partial charge in [0.15, 0.2) is 11.5 Å². The van der Waals surface area contributed by atoms with Crippen molar-refractivity contribution >= 4 is 39.3 Å². The Morgan fingerprint density at radius 2 is 2.00 bits per heavy atom. The second-order valence-corrected chi connectivity index (χ2v) is 8.98. The number of rotatable bonds is 9. The number of nitrogens with one attached hydrogen (secondary N) is 2. The Balaban J connectivity index is 1.26. The normalized spacial score (nSPS) is 14.7. The first-order valence-electron chi connectivity index (χ1n) is 12.3. The molecule has 188 valence electrons. The molecule has 0 saturated carbocycles. The summed E-state index contributed by atoms with van der Waals surface area (Å²) >= 11 is 0. The molecule has 9 heteroatoms. The van der Waals surface area contributed by atoms with E-state index in [4.69, 9.17) is 14.2 Å². The average molecular weight is 490 g/mol. The molecule has 2 aromatic carbocycles. The van der Waals surface area contributed by atoms with E-state index in [-0.39, 0.29) is 5.97 Å². The zero-order valence-electron chi connectivity index (χ0n) is 20.6. The Bertz CT molecular complexity index is 1350. The minimum Gasteiger partial charge on any atom is -0.493 e. The molecule has 0 aliphatic carbocycles. The number of anilines is 2. The van der Waals surface area contributed by atoms with Crippen molar-refractivity contribution in [2.45, 2.75) is 19.8 Å². The van der Waals surface area contributed by atoms with E-state index in [1.54, 1.807) is 13.4 Å². The van der Waals surface area contributed by atoms with Gasteiger partial charge in [0.1, 0.15) is 12.1 Å². The topological polar surface area (TPSA) is 102 Å². The molecule has 36 heavy (non-hydrogen) atoms. The predicted molar refractivity (Wildman–Crippen MR) is 139 cm³/mol. The number of nitrogens with zero attached hydrogens (tertiary/aromatic N) is 3. The monoisotopic (exact) mass is 489 g/mol. The van der Waals surface area contributed by atoms with Gasteiger partial charge in [0.2, 0.25) is 0 Å². The molecular formula is C27H31N5O4. The number of fused-ring (bicyclic) bond motifs is 2. The lowest BCUT2D eigenvalue weighted by molar-refractivity contribution is -0.144. The van der Waals surface area contributed by atoms with Gasteiger partial charge in [-0.15, -0.1) is 0 Å². The zero-order valence-corrected chi connectivity index (χ0v) is 20.6. The lowest BCUT2D eigenvalue weighted by Crippen LogP contribution is -2.39. The number of aromatic amines is 1. The highest BCUT2D eigenvalue weighted by atomic mass is 16.5. The molecule has 0 unspecified atom stereocenters. The van der Waals surface area contributed by atoms with Gasteiger partial charge in [-0.05, 0) is 69.1 Å². The summed E-state index contributed by atoms with van der Waals surface area (Å²) in [6.45, 7) is 4.91. The maximum Gasteiger partial charge on any atom is 0.320 e. The van der Waals surface area contributed by atoms with Crippen LogP contribution in [-0.4, -0.2) is 65.8 Å². The van der Waals surface area contributed by atoms with Crippen LogP contribution < -0.4 is 14.8 Å². The Morgan fingerprint density at radius 3 is 2.81 bits per heavy atom. The van der Waals surface area contributed by atoms with Crippen LogP contribution in [0.4, 0.5) is 11.5 Å². The minimum absolute atomic E-state index is 0.158. The molecule has 0 bridgehead atoms. The van der Waals surface area contributed by atoms with E-state index in [0.29, 0.717) is 43.0 Å². The van der Waals surface area contributed by atoms with Gasteiger partial charge >= 0.3 is 5.97 Å². The van der Waals surface area contributed by atoms with Crippen molar-refractivity contribution in [1.82, 2.24) is 19.9 Å². The number of benzene rings is 2. The van der Waals surface area contributed by atoms with Gasteiger partial charge < -0.3 is 24.5 Å². The van der Waals surface area contributed by atoms with Crippen LogP contribution in [-0.2, 0) is 9.53 Å². The number of ether oxygens (including phenoxy) is 3. The Morgan fingerprint density at radius 1 is 1.14 bits per heavy atom. The fraction of sp³-hybridized carbons (Fsp3) is 0.370. The summed E-state index contributed by atoms with van der Waals surface area (Å²) in [5.41, 5.74) is 2.80. The van der Waals surface area contributed by atoms with E-state index < -0.39 is 0 Å². The summed E-state index contributed by atoms with van der Waals surface area (Å²) in [4.78, 5) is 26.0. The van der Waals surface area contributed by atoms with Gasteiger partial charge in [-0.1, -0.05) is 0 Å². The van der Waals surface area contributed by atoms with E-state index >= 15 is 0 Å². The fourth-order valence-electron chi connectivity index (χ4n) is 4.61. The molecule has 5 rings (SSSR count). The number of carbonyl (C=O) groups is 1. The third kappa shape index (κ3) is 5.36. The van der Waals surface area contributed by atoms with Crippen molar-refractivity contribution < 1.29 is 19.0 Å². The Kier molecular flexibility index (Phi) is 7.18. The van der Waals surface area contributed by atoms with E-state index in [0.717, 1.165) is 53.4 Å². The van der Waals surface area contributed by atoms with Crippen LogP contribution in [0.1, 0.15) is 19.8 Å². The number of esters is 1. The van der Waals surface area contributed by atoms with Crippen molar-refractivity contribution in [2.24, 2.45) is 5.92 Å². The zero-order chi connectivity index (χ0) is 24.9. The van der Waals surface area contributed by atoms with Crippen LogP contribution in [0, 0.1) is 5.92 Å². The molecule has 3 heterocycles. The fourth-order valence-corrected chi connectivity index (χ4v) is 4.61. The number of methoxy groups -OCH3 is 1. The maximum atomic E-state index is 11.7. The van der Waals surface area contributed by atoms with Gasteiger partial charge in [-0.25, -0.2) is 9.97 Å². The third-order valence-electron chi connectivity index (χ3n) is 6.58.